The second-order valence-electron chi connectivity index (χ2n) is 4.41. The third-order valence-corrected chi connectivity index (χ3v) is 2.34. The van der Waals surface area contributed by atoms with Gasteiger partial charge in [0.2, 0.25) is 0 Å². The second-order valence-corrected chi connectivity index (χ2v) is 4.41. The molecule has 1 aromatic carbocycles. The molecule has 4 heteroatoms. The van der Waals surface area contributed by atoms with Gasteiger partial charge >= 0.3 is 0 Å². The fourth-order valence-corrected chi connectivity index (χ4v) is 1.52. The molecule has 0 spiro atoms. The number of para-hydroxylation sites is 1. The highest BCUT2D eigenvalue weighted by Crippen LogP contribution is 2.19. The molecular formula is C13H17N3O. The average molecular weight is 231 g/mol. The lowest BCUT2D eigenvalue weighted by atomic mass is 10.2. The molecule has 0 unspecified atom stereocenters. The van der Waals surface area contributed by atoms with Gasteiger partial charge in [-0.2, -0.15) is 5.10 Å². The van der Waals surface area contributed by atoms with E-state index in [-0.39, 0.29) is 0 Å². The molecular weight excluding hydrogens is 214 g/mol. The molecule has 4 nitrogen and oxygen atoms in total. The van der Waals surface area contributed by atoms with E-state index < -0.39 is 0 Å². The second kappa shape index (κ2) is 5.48. The molecule has 0 aliphatic heterocycles. The zero-order chi connectivity index (χ0) is 12.1. The maximum absolute atomic E-state index is 5.79. The molecule has 0 amide bonds. The maximum atomic E-state index is 5.79. The molecule has 0 saturated heterocycles. The van der Waals surface area contributed by atoms with Crippen LogP contribution in [0.15, 0.2) is 36.9 Å². The highest BCUT2D eigenvalue weighted by atomic mass is 16.5. The van der Waals surface area contributed by atoms with Crippen molar-refractivity contribution in [1.29, 1.82) is 0 Å². The molecule has 0 fully saturated rings. The molecule has 0 aliphatic rings. The number of ether oxygens (including phenoxy) is 1. The summed E-state index contributed by atoms with van der Waals surface area (Å²) in [4.78, 5) is 3.93. The van der Waals surface area contributed by atoms with E-state index in [4.69, 9.17) is 4.74 Å². The maximum Gasteiger partial charge on any atom is 0.137 e. The number of hydrogen-bond donors (Lipinski definition) is 0. The Morgan fingerprint density at radius 3 is 2.82 bits per heavy atom. The van der Waals surface area contributed by atoms with Crippen molar-refractivity contribution >= 4 is 0 Å². The summed E-state index contributed by atoms with van der Waals surface area (Å²) >= 11 is 0. The van der Waals surface area contributed by atoms with Crippen LogP contribution in [0.5, 0.6) is 5.75 Å². The topological polar surface area (TPSA) is 39.9 Å². The third-order valence-electron chi connectivity index (χ3n) is 2.34. The molecule has 0 N–H and O–H groups in total. The molecule has 17 heavy (non-hydrogen) atoms. The van der Waals surface area contributed by atoms with E-state index in [0.717, 1.165) is 17.9 Å². The summed E-state index contributed by atoms with van der Waals surface area (Å²) in [6, 6.07) is 8.04. The molecule has 0 bridgehead atoms. The molecule has 0 atom stereocenters. The number of nitrogens with zero attached hydrogens (tertiary/aromatic N) is 3. The van der Waals surface area contributed by atoms with Gasteiger partial charge in [-0.1, -0.05) is 32.0 Å². The lowest BCUT2D eigenvalue weighted by Gasteiger charge is -2.12. The summed E-state index contributed by atoms with van der Waals surface area (Å²) in [5.41, 5.74) is 1.12. The first kappa shape index (κ1) is 11.6. The number of benzene rings is 1. The molecule has 1 heterocycles. The van der Waals surface area contributed by atoms with Gasteiger partial charge in [0.05, 0.1) is 13.2 Å². The van der Waals surface area contributed by atoms with Crippen LogP contribution < -0.4 is 4.74 Å². The standard InChI is InChI=1S/C13H17N3O/c1-11(2)8-17-13-6-4-3-5-12(13)7-16-10-14-9-15-16/h3-6,9-11H,7-8H2,1-2H3. The predicted octanol–water partition coefficient (Wildman–Crippen LogP) is 2.36. The normalized spacial score (nSPS) is 10.8. The monoisotopic (exact) mass is 231 g/mol. The molecule has 2 aromatic rings. The van der Waals surface area contributed by atoms with Gasteiger partial charge in [0.1, 0.15) is 18.4 Å². The SMILES string of the molecule is CC(C)COc1ccccc1Cn1cncn1. The zero-order valence-electron chi connectivity index (χ0n) is 10.2. The first-order chi connectivity index (χ1) is 8.25. The van der Waals surface area contributed by atoms with E-state index in [0.29, 0.717) is 12.5 Å². The predicted molar refractivity (Wildman–Crippen MR) is 65.9 cm³/mol. The smallest absolute Gasteiger partial charge is 0.137 e. The van der Waals surface area contributed by atoms with Crippen LogP contribution in [0.3, 0.4) is 0 Å². The molecule has 2 rings (SSSR count). The van der Waals surface area contributed by atoms with Crippen LogP contribution >= 0.6 is 0 Å². The van der Waals surface area contributed by atoms with Crippen molar-refractivity contribution in [1.82, 2.24) is 14.8 Å². The Labute approximate surface area is 101 Å². The van der Waals surface area contributed by atoms with Gasteiger partial charge < -0.3 is 4.74 Å². The van der Waals surface area contributed by atoms with Gasteiger partial charge in [-0.3, -0.25) is 0 Å². The Kier molecular flexibility index (Phi) is 3.75. The first-order valence-corrected chi connectivity index (χ1v) is 5.79. The largest absolute Gasteiger partial charge is 0.493 e. The Bertz CT molecular complexity index is 451. The fraction of sp³-hybridized carbons (Fsp3) is 0.385. The van der Waals surface area contributed by atoms with E-state index in [1.165, 1.54) is 6.33 Å². The van der Waals surface area contributed by atoms with Gasteiger partial charge in [-0.25, -0.2) is 9.67 Å². The summed E-state index contributed by atoms with van der Waals surface area (Å²) in [7, 11) is 0. The van der Waals surface area contributed by atoms with Crippen molar-refractivity contribution in [2.45, 2.75) is 20.4 Å². The van der Waals surface area contributed by atoms with Gasteiger partial charge in [-0.15, -0.1) is 0 Å². The summed E-state index contributed by atoms with van der Waals surface area (Å²) in [6.07, 6.45) is 3.25. The first-order valence-electron chi connectivity index (χ1n) is 5.79. The Balaban J connectivity index is 2.10. The molecule has 1 aromatic heterocycles. The van der Waals surface area contributed by atoms with E-state index in [9.17, 15) is 0 Å². The minimum Gasteiger partial charge on any atom is -0.493 e. The van der Waals surface area contributed by atoms with Crippen LogP contribution in [0.25, 0.3) is 0 Å². The lowest BCUT2D eigenvalue weighted by molar-refractivity contribution is 0.268. The molecule has 0 saturated carbocycles. The van der Waals surface area contributed by atoms with Crippen molar-refractivity contribution in [3.8, 4) is 5.75 Å². The van der Waals surface area contributed by atoms with Gasteiger partial charge in [0.15, 0.2) is 0 Å². The Morgan fingerprint density at radius 2 is 2.12 bits per heavy atom. The van der Waals surface area contributed by atoms with Crippen LogP contribution in [0.1, 0.15) is 19.4 Å². The number of aromatic nitrogens is 3. The van der Waals surface area contributed by atoms with Crippen molar-refractivity contribution in [2.24, 2.45) is 5.92 Å². The molecule has 0 radical (unpaired) electrons. The molecule has 90 valence electrons. The van der Waals surface area contributed by atoms with Crippen molar-refractivity contribution in [3.05, 3.63) is 42.5 Å². The van der Waals surface area contributed by atoms with E-state index in [1.807, 2.05) is 18.2 Å². The van der Waals surface area contributed by atoms with Gasteiger partial charge in [-0.05, 0) is 12.0 Å². The quantitative estimate of drug-likeness (QED) is 0.793. The van der Waals surface area contributed by atoms with E-state index in [1.54, 1.807) is 11.0 Å². The minimum atomic E-state index is 0.523. The minimum absolute atomic E-state index is 0.523. The average Bonchev–Trinajstić information content (AvgIpc) is 2.80. The van der Waals surface area contributed by atoms with E-state index >= 15 is 0 Å². The van der Waals surface area contributed by atoms with Crippen LogP contribution in [-0.4, -0.2) is 21.4 Å². The summed E-state index contributed by atoms with van der Waals surface area (Å²) < 4.78 is 7.58. The van der Waals surface area contributed by atoms with E-state index in [2.05, 4.69) is 30.0 Å². The highest BCUT2D eigenvalue weighted by Gasteiger charge is 2.05. The zero-order valence-corrected chi connectivity index (χ0v) is 10.2. The Morgan fingerprint density at radius 1 is 1.29 bits per heavy atom. The Hall–Kier alpha value is -1.84. The van der Waals surface area contributed by atoms with Crippen LogP contribution in [0.2, 0.25) is 0 Å². The van der Waals surface area contributed by atoms with Gasteiger partial charge in [0.25, 0.3) is 0 Å². The van der Waals surface area contributed by atoms with Crippen LogP contribution in [0.4, 0.5) is 0 Å². The highest BCUT2D eigenvalue weighted by molar-refractivity contribution is 5.33. The third kappa shape index (κ3) is 3.31. The summed E-state index contributed by atoms with van der Waals surface area (Å²) in [5.74, 6) is 1.45. The summed E-state index contributed by atoms with van der Waals surface area (Å²) in [5, 5.41) is 4.10. The van der Waals surface area contributed by atoms with Crippen molar-refractivity contribution < 1.29 is 4.74 Å². The lowest BCUT2D eigenvalue weighted by Crippen LogP contribution is -2.08. The van der Waals surface area contributed by atoms with Gasteiger partial charge in [0, 0.05) is 5.56 Å². The number of hydrogen-bond acceptors (Lipinski definition) is 3. The summed E-state index contributed by atoms with van der Waals surface area (Å²) in [6.45, 7) is 5.70. The van der Waals surface area contributed by atoms with Crippen molar-refractivity contribution in [3.63, 3.8) is 0 Å². The van der Waals surface area contributed by atoms with Crippen molar-refractivity contribution in [2.75, 3.05) is 6.61 Å². The fourth-order valence-electron chi connectivity index (χ4n) is 1.52. The van der Waals surface area contributed by atoms with Crippen LogP contribution in [0, 0.1) is 5.92 Å². The van der Waals surface area contributed by atoms with Crippen LogP contribution in [-0.2, 0) is 6.54 Å². The molecule has 0 aliphatic carbocycles. The number of rotatable bonds is 5.